The molecule has 0 amide bonds. The van der Waals surface area contributed by atoms with E-state index in [1.54, 1.807) is 0 Å². The maximum atomic E-state index is 8.88. The fourth-order valence-corrected chi connectivity index (χ4v) is 0. The van der Waals surface area contributed by atoms with Gasteiger partial charge in [-0.15, -0.1) is 0 Å². The smallest absolute Gasteiger partial charge is 0.303 e. The van der Waals surface area contributed by atoms with Crippen LogP contribution < -0.4 is 51.4 Å². The van der Waals surface area contributed by atoms with Crippen LogP contribution in [0.4, 0.5) is 0 Å². The molecule has 0 aromatic carbocycles. The molecule has 0 aliphatic heterocycles. The molecular weight excluding hydrogens is 134 g/mol. The van der Waals surface area contributed by atoms with E-state index in [9.17, 15) is 0 Å². The van der Waals surface area contributed by atoms with Gasteiger partial charge in [-0.1, -0.05) is 0 Å². The molecule has 0 fully saturated rings. The van der Waals surface area contributed by atoms with E-state index in [1.807, 2.05) is 0 Å². The molecule has 0 aromatic heterocycles. The molecule has 0 aromatic rings. The van der Waals surface area contributed by atoms with Crippen molar-refractivity contribution >= 4 is 7.82 Å². The minimum absolute atomic E-state index is 0. The molecule has 0 spiro atoms. The quantitative estimate of drug-likeness (QED) is 0.235. The first-order valence-electron chi connectivity index (χ1n) is 0.783. The van der Waals surface area contributed by atoms with Crippen LogP contribution in [0.2, 0.25) is 0 Å². The van der Waals surface area contributed by atoms with Crippen LogP contribution in [-0.4, -0.2) is 14.7 Å². The minimum atomic E-state index is -4.64. The predicted molar refractivity (Wildman–Crippen MR) is 14.3 cm³/mol. The van der Waals surface area contributed by atoms with Gasteiger partial charge in [0.05, 0.1) is 0 Å². The Bertz CT molecular complexity index is 53.7. The van der Waals surface area contributed by atoms with Crippen molar-refractivity contribution in [3.05, 3.63) is 0 Å². The molecule has 0 heterocycles. The van der Waals surface area contributed by atoms with Gasteiger partial charge in [-0.25, -0.2) is 4.57 Å². The fraction of sp³-hybridized carbons (Fsp3) is 0. The Labute approximate surface area is 77.2 Å². The summed E-state index contributed by atoms with van der Waals surface area (Å²) in [6.07, 6.45) is 0. The molecule has 6 heteroatoms. The zero-order valence-electron chi connectivity index (χ0n) is 3.20. The van der Waals surface area contributed by atoms with Gasteiger partial charge in [-0.05, 0) is 0 Å². The van der Waals surface area contributed by atoms with Crippen LogP contribution >= 0.6 is 7.82 Å². The van der Waals surface area contributed by atoms with Gasteiger partial charge >= 0.3 is 59.2 Å². The van der Waals surface area contributed by atoms with Crippen molar-refractivity contribution in [2.24, 2.45) is 0 Å². The first kappa shape index (κ1) is 10.7. The van der Waals surface area contributed by atoms with Gasteiger partial charge in [0.2, 0.25) is 0 Å². The molecular formula is H3KO4P+. The van der Waals surface area contributed by atoms with Crippen LogP contribution in [0.5, 0.6) is 0 Å². The van der Waals surface area contributed by atoms with E-state index >= 15 is 0 Å². The molecule has 3 N–H and O–H groups in total. The third kappa shape index (κ3) is 42.4. The van der Waals surface area contributed by atoms with Crippen molar-refractivity contribution in [1.29, 1.82) is 0 Å². The van der Waals surface area contributed by atoms with Crippen molar-refractivity contribution in [1.82, 2.24) is 0 Å². The largest absolute Gasteiger partial charge is 1.00 e. The molecule has 0 aliphatic carbocycles. The van der Waals surface area contributed by atoms with Crippen LogP contribution in [0, 0.1) is 0 Å². The van der Waals surface area contributed by atoms with Gasteiger partial charge in [0, 0.05) is 0 Å². The first-order chi connectivity index (χ1) is 2.00. The Morgan fingerprint density at radius 1 is 1.17 bits per heavy atom. The second kappa shape index (κ2) is 3.71. The van der Waals surface area contributed by atoms with Crippen LogP contribution in [0.25, 0.3) is 0 Å². The van der Waals surface area contributed by atoms with E-state index in [1.165, 1.54) is 0 Å². The van der Waals surface area contributed by atoms with Crippen LogP contribution in [0.1, 0.15) is 0 Å². The average Bonchev–Trinajstić information content (AvgIpc) is 0.722. The predicted octanol–water partition coefficient (Wildman–Crippen LogP) is -3.92. The summed E-state index contributed by atoms with van der Waals surface area (Å²) < 4.78 is 8.88. The third-order valence-electron chi connectivity index (χ3n) is 0. The SMILES string of the molecule is O=P(O)(O)O.[K+]. The number of hydrogen-bond acceptors (Lipinski definition) is 1. The van der Waals surface area contributed by atoms with Gasteiger partial charge in [-0.3, -0.25) is 0 Å². The van der Waals surface area contributed by atoms with Crippen molar-refractivity contribution < 1.29 is 70.6 Å². The molecule has 0 saturated carbocycles. The third-order valence-corrected chi connectivity index (χ3v) is 0. The molecule has 6 heavy (non-hydrogen) atoms. The van der Waals surface area contributed by atoms with Crippen molar-refractivity contribution in [3.8, 4) is 0 Å². The Kier molecular flexibility index (Phi) is 6.61. The molecule has 0 saturated heterocycles. The van der Waals surface area contributed by atoms with E-state index < -0.39 is 7.82 Å². The van der Waals surface area contributed by atoms with E-state index in [2.05, 4.69) is 0 Å². The number of phosphoric acid groups is 1. The molecule has 32 valence electrons. The zero-order chi connectivity index (χ0) is 4.50. The van der Waals surface area contributed by atoms with Crippen molar-refractivity contribution in [2.45, 2.75) is 0 Å². The Hall–Kier alpha value is 1.75. The van der Waals surface area contributed by atoms with Crippen LogP contribution in [0.3, 0.4) is 0 Å². The molecule has 0 rings (SSSR count). The zero-order valence-corrected chi connectivity index (χ0v) is 7.21. The maximum absolute atomic E-state index is 8.88. The Balaban J connectivity index is 0. The fourth-order valence-electron chi connectivity index (χ4n) is 0. The van der Waals surface area contributed by atoms with Gasteiger partial charge in [-0.2, -0.15) is 0 Å². The molecule has 4 nitrogen and oxygen atoms in total. The van der Waals surface area contributed by atoms with E-state index in [4.69, 9.17) is 19.2 Å². The summed E-state index contributed by atoms with van der Waals surface area (Å²) in [4.78, 5) is 21.6. The summed E-state index contributed by atoms with van der Waals surface area (Å²) in [5.74, 6) is 0. The number of rotatable bonds is 0. The van der Waals surface area contributed by atoms with Crippen LogP contribution in [0.15, 0.2) is 0 Å². The second-order valence-corrected chi connectivity index (χ2v) is 1.54. The average molecular weight is 137 g/mol. The van der Waals surface area contributed by atoms with Gasteiger partial charge in [0.1, 0.15) is 0 Å². The first-order valence-corrected chi connectivity index (χ1v) is 2.35. The monoisotopic (exact) mass is 137 g/mol. The molecule has 0 unspecified atom stereocenters. The molecule has 0 radical (unpaired) electrons. The van der Waals surface area contributed by atoms with Gasteiger partial charge in [0.25, 0.3) is 0 Å². The topological polar surface area (TPSA) is 77.8 Å². The molecule has 0 aliphatic rings. The van der Waals surface area contributed by atoms with Crippen LogP contribution in [-0.2, 0) is 4.57 Å². The second-order valence-electron chi connectivity index (χ2n) is 0.513. The summed E-state index contributed by atoms with van der Waals surface area (Å²) in [5.41, 5.74) is 0. The van der Waals surface area contributed by atoms with Gasteiger partial charge in [0.15, 0.2) is 0 Å². The summed E-state index contributed by atoms with van der Waals surface area (Å²) in [6, 6.07) is 0. The summed E-state index contributed by atoms with van der Waals surface area (Å²) in [7, 11) is -4.64. The standard InChI is InChI=1S/K.H3O4P/c;1-5(2,3)4/h;(H3,1,2,3,4)/q+1;. The van der Waals surface area contributed by atoms with Crippen molar-refractivity contribution in [2.75, 3.05) is 0 Å². The summed E-state index contributed by atoms with van der Waals surface area (Å²) >= 11 is 0. The summed E-state index contributed by atoms with van der Waals surface area (Å²) in [6.45, 7) is 0. The van der Waals surface area contributed by atoms with E-state index in [0.717, 1.165) is 0 Å². The normalized spacial score (nSPS) is 9.83. The van der Waals surface area contributed by atoms with Crippen molar-refractivity contribution in [3.63, 3.8) is 0 Å². The molecule has 0 atom stereocenters. The van der Waals surface area contributed by atoms with Gasteiger partial charge < -0.3 is 14.7 Å². The van der Waals surface area contributed by atoms with E-state index in [-0.39, 0.29) is 51.4 Å². The Morgan fingerprint density at radius 2 is 1.17 bits per heavy atom. The Morgan fingerprint density at radius 3 is 1.17 bits per heavy atom. The van der Waals surface area contributed by atoms with E-state index in [0.29, 0.717) is 0 Å². The summed E-state index contributed by atoms with van der Waals surface area (Å²) in [5, 5.41) is 0. The number of hydrogen-bond donors (Lipinski definition) is 3. The minimum Gasteiger partial charge on any atom is -0.303 e. The maximum Gasteiger partial charge on any atom is 1.00 e. The molecule has 0 bridgehead atoms.